The van der Waals surface area contributed by atoms with Gasteiger partial charge in [0.1, 0.15) is 6.79 Å². The van der Waals surface area contributed by atoms with E-state index in [9.17, 15) is 0 Å². The fourth-order valence-electron chi connectivity index (χ4n) is 1.35. The molecule has 3 N–H and O–H groups in total. The smallest absolute Gasteiger partial charge is 0.147 e. The van der Waals surface area contributed by atoms with Crippen LogP contribution in [0.2, 0.25) is 0 Å². The molecule has 0 spiro atoms. The summed E-state index contributed by atoms with van der Waals surface area (Å²) in [7, 11) is 0. The van der Waals surface area contributed by atoms with Gasteiger partial charge in [0.15, 0.2) is 0 Å². The second-order valence-corrected chi connectivity index (χ2v) is 2.94. The zero-order valence-electron chi connectivity index (χ0n) is 7.66. The lowest BCUT2D eigenvalue weighted by Gasteiger charge is -2.06. The summed E-state index contributed by atoms with van der Waals surface area (Å²) >= 11 is 0. The van der Waals surface area contributed by atoms with Crippen molar-refractivity contribution in [3.05, 3.63) is 29.3 Å². The Hall–Kier alpha value is -0.810. The average Bonchev–Trinajstić information content (AvgIpc) is 2.41. The fraction of sp³-hybridized carbons (Fsp3) is 0.333. The van der Waals surface area contributed by atoms with Crippen LogP contribution in [0.5, 0.6) is 0 Å². The van der Waals surface area contributed by atoms with E-state index in [0.717, 1.165) is 16.8 Å². The van der Waals surface area contributed by atoms with Crippen LogP contribution < -0.4 is 11.3 Å². The van der Waals surface area contributed by atoms with Gasteiger partial charge in [0.25, 0.3) is 0 Å². The van der Waals surface area contributed by atoms with Crippen LogP contribution in [0.25, 0.3) is 0 Å². The Morgan fingerprint density at radius 3 is 2.57 bits per heavy atom. The zero-order chi connectivity index (χ0) is 9.10. The maximum Gasteiger partial charge on any atom is 0.147 e. The number of hydrazine groups is 1. The van der Waals surface area contributed by atoms with Crippen LogP contribution in [0.1, 0.15) is 11.1 Å². The maximum atomic E-state index is 5.30. The number of anilines is 1. The summed E-state index contributed by atoms with van der Waals surface area (Å²) in [5.74, 6) is 5.30. The predicted octanol–water partition coefficient (Wildman–Crippen LogP) is 1.40. The van der Waals surface area contributed by atoms with E-state index in [2.05, 4.69) is 5.43 Å². The number of nitrogens with two attached hydrogens (primary N) is 1. The van der Waals surface area contributed by atoms with Gasteiger partial charge in [-0.2, -0.15) is 0 Å². The Balaban J connectivity index is 0.000000980. The molecule has 1 aliphatic rings. The molecule has 0 saturated carbocycles. The van der Waals surface area contributed by atoms with E-state index >= 15 is 0 Å². The minimum Gasteiger partial charge on any atom is -0.351 e. The third kappa shape index (κ3) is 2.36. The average molecular weight is 217 g/mol. The highest BCUT2D eigenvalue weighted by Gasteiger charge is 2.07. The topological polar surface area (TPSA) is 56.5 Å². The van der Waals surface area contributed by atoms with E-state index in [1.807, 2.05) is 18.2 Å². The van der Waals surface area contributed by atoms with Crippen LogP contribution in [-0.4, -0.2) is 6.79 Å². The SMILES string of the molecule is Cl.NNc1ccc2c(c1)COCOC2. The van der Waals surface area contributed by atoms with Crippen molar-refractivity contribution in [2.45, 2.75) is 13.2 Å². The van der Waals surface area contributed by atoms with Gasteiger partial charge in [-0.1, -0.05) is 6.07 Å². The summed E-state index contributed by atoms with van der Waals surface area (Å²) in [6.45, 7) is 1.56. The molecule has 1 heterocycles. The molecule has 0 fully saturated rings. The number of halogens is 1. The highest BCUT2D eigenvalue weighted by molar-refractivity contribution is 5.85. The lowest BCUT2D eigenvalue weighted by atomic mass is 10.1. The van der Waals surface area contributed by atoms with Crippen LogP contribution in [0, 0.1) is 0 Å². The lowest BCUT2D eigenvalue weighted by Crippen LogP contribution is -2.07. The van der Waals surface area contributed by atoms with Crippen molar-refractivity contribution in [3.63, 3.8) is 0 Å². The standard InChI is InChI=1S/C9H12N2O2.ClH/c10-11-9-2-1-7-4-12-6-13-5-8(7)3-9;/h1-3,11H,4-6,10H2;1H. The van der Waals surface area contributed by atoms with E-state index in [1.165, 1.54) is 0 Å². The van der Waals surface area contributed by atoms with Gasteiger partial charge in [0.05, 0.1) is 13.2 Å². The Morgan fingerprint density at radius 2 is 1.86 bits per heavy atom. The van der Waals surface area contributed by atoms with Gasteiger partial charge in [-0.05, 0) is 23.3 Å². The quantitative estimate of drug-likeness (QED) is 0.551. The molecule has 0 atom stereocenters. The number of nitrogens with one attached hydrogen (secondary N) is 1. The van der Waals surface area contributed by atoms with Crippen molar-refractivity contribution in [2.75, 3.05) is 12.2 Å². The molecule has 1 aromatic carbocycles. The molecule has 0 unspecified atom stereocenters. The number of ether oxygens (including phenoxy) is 2. The molecule has 5 heteroatoms. The van der Waals surface area contributed by atoms with Gasteiger partial charge in [0, 0.05) is 5.69 Å². The molecule has 1 aromatic rings. The van der Waals surface area contributed by atoms with Crippen LogP contribution in [-0.2, 0) is 22.7 Å². The van der Waals surface area contributed by atoms with E-state index < -0.39 is 0 Å². The summed E-state index contributed by atoms with van der Waals surface area (Å²) in [4.78, 5) is 0. The van der Waals surface area contributed by atoms with Gasteiger partial charge < -0.3 is 14.9 Å². The minimum atomic E-state index is 0. The highest BCUT2D eigenvalue weighted by atomic mass is 35.5. The van der Waals surface area contributed by atoms with Crippen LogP contribution in [0.3, 0.4) is 0 Å². The van der Waals surface area contributed by atoms with Crippen molar-refractivity contribution in [3.8, 4) is 0 Å². The summed E-state index contributed by atoms with van der Waals surface area (Å²) in [5.41, 5.74) is 5.79. The number of rotatable bonds is 1. The zero-order valence-corrected chi connectivity index (χ0v) is 8.47. The predicted molar refractivity (Wildman–Crippen MR) is 55.9 cm³/mol. The summed E-state index contributed by atoms with van der Waals surface area (Å²) in [6.07, 6.45) is 0. The second kappa shape index (κ2) is 5.17. The third-order valence-corrected chi connectivity index (χ3v) is 2.05. The van der Waals surface area contributed by atoms with Gasteiger partial charge in [0.2, 0.25) is 0 Å². The Kier molecular flexibility index (Phi) is 4.16. The Morgan fingerprint density at radius 1 is 1.14 bits per heavy atom. The van der Waals surface area contributed by atoms with Gasteiger partial charge >= 0.3 is 0 Å². The Bertz CT molecular complexity index is 307. The number of hydrogen-bond acceptors (Lipinski definition) is 4. The van der Waals surface area contributed by atoms with Gasteiger partial charge in [-0.15, -0.1) is 12.4 Å². The fourth-order valence-corrected chi connectivity index (χ4v) is 1.35. The van der Waals surface area contributed by atoms with Crippen molar-refractivity contribution < 1.29 is 9.47 Å². The first-order valence-corrected chi connectivity index (χ1v) is 4.14. The summed E-state index contributed by atoms with van der Waals surface area (Å²) < 4.78 is 10.5. The van der Waals surface area contributed by atoms with E-state index in [-0.39, 0.29) is 12.4 Å². The number of nitrogen functional groups attached to an aromatic ring is 1. The first-order chi connectivity index (χ1) is 6.40. The molecule has 4 nitrogen and oxygen atoms in total. The first kappa shape index (κ1) is 11.3. The van der Waals surface area contributed by atoms with E-state index in [1.54, 1.807) is 0 Å². The van der Waals surface area contributed by atoms with Crippen molar-refractivity contribution in [1.82, 2.24) is 0 Å². The molecular weight excluding hydrogens is 204 g/mol. The number of fused-ring (bicyclic) bond motifs is 1. The number of hydrogen-bond donors (Lipinski definition) is 2. The normalized spacial score (nSPS) is 14.9. The van der Waals surface area contributed by atoms with Crippen molar-refractivity contribution in [1.29, 1.82) is 0 Å². The van der Waals surface area contributed by atoms with Gasteiger partial charge in [-0.25, -0.2) is 0 Å². The van der Waals surface area contributed by atoms with E-state index in [4.69, 9.17) is 15.3 Å². The van der Waals surface area contributed by atoms with Crippen LogP contribution in [0.15, 0.2) is 18.2 Å². The molecule has 2 rings (SSSR count). The van der Waals surface area contributed by atoms with E-state index in [0.29, 0.717) is 20.0 Å². The van der Waals surface area contributed by atoms with Crippen LogP contribution >= 0.6 is 12.4 Å². The summed E-state index contributed by atoms with van der Waals surface area (Å²) in [6, 6.07) is 5.90. The molecule has 14 heavy (non-hydrogen) atoms. The molecular formula is C9H13ClN2O2. The maximum absolute atomic E-state index is 5.30. The molecule has 0 aromatic heterocycles. The largest absolute Gasteiger partial charge is 0.351 e. The highest BCUT2D eigenvalue weighted by Crippen LogP contribution is 2.19. The monoisotopic (exact) mass is 216 g/mol. The first-order valence-electron chi connectivity index (χ1n) is 4.14. The molecule has 78 valence electrons. The Labute approximate surface area is 88.8 Å². The van der Waals surface area contributed by atoms with Crippen molar-refractivity contribution in [2.24, 2.45) is 5.84 Å². The second-order valence-electron chi connectivity index (χ2n) is 2.94. The molecule has 0 radical (unpaired) electrons. The lowest BCUT2D eigenvalue weighted by molar-refractivity contribution is -0.0586. The molecule has 0 bridgehead atoms. The molecule has 0 amide bonds. The molecule has 0 saturated heterocycles. The third-order valence-electron chi connectivity index (χ3n) is 2.05. The molecule has 1 aliphatic heterocycles. The summed E-state index contributed by atoms with van der Waals surface area (Å²) in [5, 5.41) is 0. The minimum absolute atomic E-state index is 0. The molecule has 0 aliphatic carbocycles. The van der Waals surface area contributed by atoms with Gasteiger partial charge in [-0.3, -0.25) is 5.84 Å². The van der Waals surface area contributed by atoms with Crippen LogP contribution in [0.4, 0.5) is 5.69 Å². The van der Waals surface area contributed by atoms with Crippen molar-refractivity contribution >= 4 is 18.1 Å². The number of benzene rings is 1.